The molecule has 1 unspecified atom stereocenters. The van der Waals surface area contributed by atoms with Crippen molar-refractivity contribution in [1.82, 2.24) is 4.90 Å². The average Bonchev–Trinajstić information content (AvgIpc) is 2.41. The summed E-state index contributed by atoms with van der Waals surface area (Å²) in [7, 11) is 0. The molecule has 2 nitrogen and oxygen atoms in total. The monoisotopic (exact) mass is 263 g/mol. The van der Waals surface area contributed by atoms with E-state index < -0.39 is 0 Å². The lowest BCUT2D eigenvalue weighted by molar-refractivity contribution is -0.127. The van der Waals surface area contributed by atoms with E-state index in [0.29, 0.717) is 12.5 Å². The molecule has 1 atom stereocenters. The predicted molar refractivity (Wildman–Crippen MR) is 79.5 cm³/mol. The molecule has 0 saturated heterocycles. The molecule has 0 bridgehead atoms. The molecule has 1 aromatic rings. The van der Waals surface area contributed by atoms with Gasteiger partial charge in [-0.3, -0.25) is 4.79 Å². The molecule has 0 N–H and O–H groups in total. The molecule has 3 rings (SSSR count). The van der Waals surface area contributed by atoms with Crippen molar-refractivity contribution >= 4 is 5.91 Å². The molecule has 1 heterocycles. The fraction of sp³-hybridized carbons (Fsp3) is 0.278. The van der Waals surface area contributed by atoms with Gasteiger partial charge in [-0.25, -0.2) is 0 Å². The van der Waals surface area contributed by atoms with Gasteiger partial charge in [0.2, 0.25) is 5.91 Å². The van der Waals surface area contributed by atoms with Gasteiger partial charge in [-0.15, -0.1) is 0 Å². The van der Waals surface area contributed by atoms with E-state index in [1.54, 1.807) is 6.92 Å². The molecule has 100 valence electrons. The van der Waals surface area contributed by atoms with Crippen LogP contribution in [0.4, 0.5) is 0 Å². The molecule has 0 spiro atoms. The molecule has 1 aromatic carbocycles. The Balaban J connectivity index is 2.20. The van der Waals surface area contributed by atoms with Crippen molar-refractivity contribution in [2.75, 3.05) is 0 Å². The van der Waals surface area contributed by atoms with Gasteiger partial charge in [-0.2, -0.15) is 0 Å². The van der Waals surface area contributed by atoms with E-state index in [4.69, 9.17) is 0 Å². The van der Waals surface area contributed by atoms with Crippen molar-refractivity contribution in [2.45, 2.75) is 26.8 Å². The molecule has 1 aliphatic heterocycles. The first-order valence-electron chi connectivity index (χ1n) is 6.95. The van der Waals surface area contributed by atoms with Gasteiger partial charge >= 0.3 is 0 Å². The summed E-state index contributed by atoms with van der Waals surface area (Å²) < 4.78 is 0. The Kier molecular flexibility index (Phi) is 3.20. The number of rotatable bonds is 0. The van der Waals surface area contributed by atoms with E-state index in [1.165, 1.54) is 0 Å². The maximum Gasteiger partial charge on any atom is 0.224 e. The molecule has 1 amide bonds. The van der Waals surface area contributed by atoms with Crippen molar-refractivity contribution < 1.29 is 4.79 Å². The van der Waals surface area contributed by atoms with Crippen LogP contribution in [0.3, 0.4) is 0 Å². The van der Waals surface area contributed by atoms with Crippen molar-refractivity contribution in [3.05, 3.63) is 58.8 Å². The summed E-state index contributed by atoms with van der Waals surface area (Å²) >= 11 is 0. The van der Waals surface area contributed by atoms with Crippen LogP contribution in [-0.4, -0.2) is 10.8 Å². The van der Waals surface area contributed by atoms with Crippen molar-refractivity contribution in [3.63, 3.8) is 0 Å². The third-order valence-electron chi connectivity index (χ3n) is 3.88. The van der Waals surface area contributed by atoms with Crippen LogP contribution in [0.5, 0.6) is 0 Å². The van der Waals surface area contributed by atoms with Crippen LogP contribution in [0.2, 0.25) is 0 Å². The van der Waals surface area contributed by atoms with Crippen LogP contribution < -0.4 is 0 Å². The van der Waals surface area contributed by atoms with Crippen LogP contribution >= 0.6 is 0 Å². The highest BCUT2D eigenvalue weighted by Gasteiger charge is 2.23. The number of carbonyl (C=O) groups excluding carboxylic acids is 1. The highest BCUT2D eigenvalue weighted by molar-refractivity contribution is 5.77. The van der Waals surface area contributed by atoms with Crippen LogP contribution in [-0.2, 0) is 11.3 Å². The molecule has 2 heteroatoms. The summed E-state index contributed by atoms with van der Waals surface area (Å²) in [4.78, 5) is 13.9. The Morgan fingerprint density at radius 1 is 1.30 bits per heavy atom. The van der Waals surface area contributed by atoms with Gasteiger partial charge in [0, 0.05) is 18.1 Å². The molecular weight excluding hydrogens is 246 g/mol. The summed E-state index contributed by atoms with van der Waals surface area (Å²) in [6.07, 6.45) is 5.16. The number of benzene rings is 1. The number of nitrogens with zero attached hydrogens (tertiary/aromatic N) is 1. The Morgan fingerprint density at radius 3 is 2.90 bits per heavy atom. The topological polar surface area (TPSA) is 20.3 Å². The first-order chi connectivity index (χ1) is 9.66. The smallest absolute Gasteiger partial charge is 0.224 e. The van der Waals surface area contributed by atoms with E-state index in [2.05, 4.69) is 24.8 Å². The van der Waals surface area contributed by atoms with Crippen molar-refractivity contribution in [2.24, 2.45) is 5.92 Å². The lowest BCUT2D eigenvalue weighted by Gasteiger charge is -2.29. The zero-order valence-corrected chi connectivity index (χ0v) is 11.8. The van der Waals surface area contributed by atoms with Gasteiger partial charge in [-0.1, -0.05) is 43.0 Å². The average molecular weight is 263 g/mol. The first-order valence-corrected chi connectivity index (χ1v) is 6.95. The van der Waals surface area contributed by atoms with E-state index in [-0.39, 0.29) is 5.91 Å². The Labute approximate surface area is 119 Å². The predicted octanol–water partition coefficient (Wildman–Crippen LogP) is 3.25. The summed E-state index contributed by atoms with van der Waals surface area (Å²) in [5, 5.41) is 0. The van der Waals surface area contributed by atoms with E-state index >= 15 is 0 Å². The lowest BCUT2D eigenvalue weighted by Crippen LogP contribution is -2.30. The van der Waals surface area contributed by atoms with E-state index in [1.807, 2.05) is 35.2 Å². The molecule has 1 aliphatic carbocycles. The van der Waals surface area contributed by atoms with Gasteiger partial charge in [-0.05, 0) is 30.0 Å². The van der Waals surface area contributed by atoms with Crippen LogP contribution in [0.25, 0.3) is 0 Å². The molecule has 0 radical (unpaired) electrons. The molecule has 0 saturated carbocycles. The van der Waals surface area contributed by atoms with Crippen LogP contribution in [0.1, 0.15) is 31.4 Å². The Morgan fingerprint density at radius 2 is 2.10 bits per heavy atom. The lowest BCUT2D eigenvalue weighted by atomic mass is 9.89. The fourth-order valence-electron chi connectivity index (χ4n) is 2.72. The summed E-state index contributed by atoms with van der Waals surface area (Å²) in [5.41, 5.74) is 4.18. The highest BCUT2D eigenvalue weighted by atomic mass is 16.2. The summed E-state index contributed by atoms with van der Waals surface area (Å²) in [6.45, 7) is 4.38. The summed E-state index contributed by atoms with van der Waals surface area (Å²) in [5.74, 6) is 7.01. The van der Waals surface area contributed by atoms with Gasteiger partial charge < -0.3 is 4.90 Å². The van der Waals surface area contributed by atoms with E-state index in [0.717, 1.165) is 28.8 Å². The summed E-state index contributed by atoms with van der Waals surface area (Å²) in [6, 6.07) is 8.05. The minimum Gasteiger partial charge on any atom is -0.307 e. The van der Waals surface area contributed by atoms with Gasteiger partial charge in [0.25, 0.3) is 0 Å². The number of allylic oxidation sites excluding steroid dienone is 3. The van der Waals surface area contributed by atoms with Crippen molar-refractivity contribution in [1.29, 1.82) is 0 Å². The second kappa shape index (κ2) is 5.02. The Hall–Kier alpha value is -2.27. The van der Waals surface area contributed by atoms with Gasteiger partial charge in [0.05, 0.1) is 12.2 Å². The quantitative estimate of drug-likeness (QED) is 0.658. The number of fused-ring (bicyclic) bond motifs is 1. The third kappa shape index (κ3) is 2.16. The normalized spacial score (nSPS) is 20.3. The molecule has 20 heavy (non-hydrogen) atoms. The minimum absolute atomic E-state index is 0.0646. The van der Waals surface area contributed by atoms with Crippen LogP contribution in [0, 0.1) is 17.8 Å². The number of hydrogen-bond donors (Lipinski definition) is 0. The third-order valence-corrected chi connectivity index (χ3v) is 3.88. The molecular formula is C18H17NO. The minimum atomic E-state index is 0.0646. The highest BCUT2D eigenvalue weighted by Crippen LogP contribution is 2.29. The first kappa shape index (κ1) is 12.7. The maximum absolute atomic E-state index is 12.0. The van der Waals surface area contributed by atoms with Crippen molar-refractivity contribution in [3.8, 4) is 11.8 Å². The maximum atomic E-state index is 12.0. The van der Waals surface area contributed by atoms with Crippen LogP contribution in [0.15, 0.2) is 47.7 Å². The second-order valence-electron chi connectivity index (χ2n) is 5.35. The van der Waals surface area contributed by atoms with Gasteiger partial charge in [0.1, 0.15) is 0 Å². The Bertz CT molecular complexity index is 685. The molecule has 2 aliphatic rings. The number of amides is 1. The van der Waals surface area contributed by atoms with Gasteiger partial charge in [0.15, 0.2) is 0 Å². The zero-order valence-electron chi connectivity index (χ0n) is 11.8. The van der Waals surface area contributed by atoms with E-state index in [9.17, 15) is 4.79 Å². The SMILES string of the molecule is CC(=O)N1Cc2ccccc2C#CC2=C1C=CCC2C. The number of hydrogen-bond acceptors (Lipinski definition) is 1. The fourth-order valence-corrected chi connectivity index (χ4v) is 2.72. The molecule has 0 fully saturated rings. The largest absolute Gasteiger partial charge is 0.307 e. The number of carbonyl (C=O) groups is 1. The second-order valence-corrected chi connectivity index (χ2v) is 5.35. The molecule has 0 aromatic heterocycles. The zero-order chi connectivity index (χ0) is 14.1. The standard InChI is InChI=1S/C18H17NO/c1-13-6-5-9-18-17(13)11-10-15-7-3-4-8-16(15)12-19(18)14(2)20/h3-5,7-9,13H,6,12H2,1-2H3.